The van der Waals surface area contributed by atoms with Crippen LogP contribution in [0.25, 0.3) is 5.69 Å². The molecule has 3 aromatic rings. The number of furan rings is 1. The van der Waals surface area contributed by atoms with Gasteiger partial charge in [-0.1, -0.05) is 11.6 Å². The van der Waals surface area contributed by atoms with Crippen LogP contribution in [0.3, 0.4) is 0 Å². The highest BCUT2D eigenvalue weighted by Gasteiger charge is 2.03. The Kier molecular flexibility index (Phi) is 7.99. The fraction of sp³-hybridized carbons (Fsp3) is 0.222. The summed E-state index contributed by atoms with van der Waals surface area (Å²) >= 11 is 5.92. The van der Waals surface area contributed by atoms with Crippen molar-refractivity contribution in [1.82, 2.24) is 20.4 Å². The van der Waals surface area contributed by atoms with Crippen LogP contribution in [0.4, 0.5) is 0 Å². The second-order valence-corrected chi connectivity index (χ2v) is 5.83. The molecule has 0 bridgehead atoms. The first-order valence-electron chi connectivity index (χ1n) is 8.08. The molecule has 0 fully saturated rings. The zero-order valence-electron chi connectivity index (χ0n) is 14.4. The van der Waals surface area contributed by atoms with Crippen molar-refractivity contribution in [3.05, 3.63) is 71.4 Å². The number of hydrogen-bond donors (Lipinski definition) is 2. The van der Waals surface area contributed by atoms with E-state index in [-0.39, 0.29) is 24.0 Å². The van der Waals surface area contributed by atoms with Crippen molar-refractivity contribution < 1.29 is 4.42 Å². The topological polar surface area (TPSA) is 67.4 Å². The predicted molar refractivity (Wildman–Crippen MR) is 114 cm³/mol. The lowest BCUT2D eigenvalue weighted by Crippen LogP contribution is -2.36. The summed E-state index contributed by atoms with van der Waals surface area (Å²) in [6, 6.07) is 11.3. The van der Waals surface area contributed by atoms with E-state index in [9.17, 15) is 0 Å². The largest absolute Gasteiger partial charge is 0.467 e. The van der Waals surface area contributed by atoms with Gasteiger partial charge in [0.1, 0.15) is 5.76 Å². The molecular weight excluding hydrogens is 465 g/mol. The summed E-state index contributed by atoms with van der Waals surface area (Å²) in [6.45, 7) is 3.93. The predicted octanol–water partition coefficient (Wildman–Crippen LogP) is 3.99. The van der Waals surface area contributed by atoms with Crippen LogP contribution in [0.15, 0.2) is 64.5 Å². The monoisotopic (exact) mass is 485 g/mol. The summed E-state index contributed by atoms with van der Waals surface area (Å²) in [5.74, 6) is 1.60. The molecule has 0 atom stereocenters. The molecule has 138 valence electrons. The van der Waals surface area contributed by atoms with Crippen LogP contribution < -0.4 is 10.6 Å². The van der Waals surface area contributed by atoms with Gasteiger partial charge in [-0.25, -0.2) is 9.67 Å². The SMILES string of the molecule is CCNC(=NCc1cnn(-c2ccc(Cl)cc2)c1)NCc1ccco1.I. The van der Waals surface area contributed by atoms with Crippen molar-refractivity contribution in [1.29, 1.82) is 0 Å². The van der Waals surface area contributed by atoms with Gasteiger partial charge in [0.15, 0.2) is 5.96 Å². The second kappa shape index (κ2) is 10.2. The fourth-order valence-electron chi connectivity index (χ4n) is 2.27. The Morgan fingerprint density at radius 1 is 1.23 bits per heavy atom. The minimum Gasteiger partial charge on any atom is -0.467 e. The van der Waals surface area contributed by atoms with E-state index in [1.54, 1.807) is 6.26 Å². The molecule has 8 heteroatoms. The van der Waals surface area contributed by atoms with E-state index < -0.39 is 0 Å². The molecular formula is C18H21ClIN5O. The molecule has 0 amide bonds. The van der Waals surface area contributed by atoms with Gasteiger partial charge in [0.05, 0.1) is 31.2 Å². The van der Waals surface area contributed by atoms with E-state index in [0.29, 0.717) is 18.1 Å². The van der Waals surface area contributed by atoms with Crippen molar-refractivity contribution in [3.8, 4) is 5.69 Å². The number of halogens is 2. The van der Waals surface area contributed by atoms with Crippen LogP contribution in [0.2, 0.25) is 5.02 Å². The van der Waals surface area contributed by atoms with Crippen molar-refractivity contribution in [3.63, 3.8) is 0 Å². The minimum absolute atomic E-state index is 0. The molecule has 26 heavy (non-hydrogen) atoms. The fourth-order valence-corrected chi connectivity index (χ4v) is 2.40. The van der Waals surface area contributed by atoms with Gasteiger partial charge in [0.2, 0.25) is 0 Å². The zero-order valence-corrected chi connectivity index (χ0v) is 17.4. The van der Waals surface area contributed by atoms with Gasteiger partial charge in [0, 0.05) is 23.3 Å². The van der Waals surface area contributed by atoms with E-state index in [0.717, 1.165) is 29.5 Å². The molecule has 2 aromatic heterocycles. The standard InChI is InChI=1S/C18H20ClN5O.HI/c1-2-20-18(22-12-17-4-3-9-25-17)21-10-14-11-23-24(13-14)16-7-5-15(19)6-8-16;/h3-9,11,13H,2,10,12H2,1H3,(H2,20,21,22);1H. The quantitative estimate of drug-likeness (QED) is 0.315. The van der Waals surface area contributed by atoms with Crippen molar-refractivity contribution in [2.45, 2.75) is 20.0 Å². The lowest BCUT2D eigenvalue weighted by atomic mass is 10.3. The van der Waals surface area contributed by atoms with Gasteiger partial charge >= 0.3 is 0 Å². The van der Waals surface area contributed by atoms with Crippen molar-refractivity contribution in [2.75, 3.05) is 6.54 Å². The van der Waals surface area contributed by atoms with Crippen molar-refractivity contribution in [2.24, 2.45) is 4.99 Å². The Labute approximate surface area is 174 Å². The summed E-state index contributed by atoms with van der Waals surface area (Å²) in [6.07, 6.45) is 5.43. The first-order chi connectivity index (χ1) is 12.2. The normalized spacial score (nSPS) is 11.1. The number of nitrogens with one attached hydrogen (secondary N) is 2. The summed E-state index contributed by atoms with van der Waals surface area (Å²) < 4.78 is 7.13. The first-order valence-corrected chi connectivity index (χ1v) is 8.46. The Morgan fingerprint density at radius 2 is 2.04 bits per heavy atom. The molecule has 0 saturated heterocycles. The maximum atomic E-state index is 5.92. The summed E-state index contributed by atoms with van der Waals surface area (Å²) in [5, 5.41) is 11.5. The van der Waals surface area contributed by atoms with Crippen LogP contribution in [0, 0.1) is 0 Å². The molecule has 0 saturated carbocycles. The zero-order chi connectivity index (χ0) is 17.5. The Balaban J connectivity index is 0.00000243. The van der Waals surface area contributed by atoms with Crippen LogP contribution in [-0.2, 0) is 13.1 Å². The summed E-state index contributed by atoms with van der Waals surface area (Å²) in [5.41, 5.74) is 1.98. The average Bonchev–Trinajstić information content (AvgIpc) is 3.30. The van der Waals surface area contributed by atoms with E-state index >= 15 is 0 Å². The molecule has 2 heterocycles. The molecule has 0 aliphatic heterocycles. The molecule has 6 nitrogen and oxygen atoms in total. The molecule has 0 spiro atoms. The smallest absolute Gasteiger partial charge is 0.191 e. The third kappa shape index (κ3) is 5.77. The van der Waals surface area contributed by atoms with Gasteiger partial charge < -0.3 is 15.1 Å². The molecule has 0 aliphatic carbocycles. The highest BCUT2D eigenvalue weighted by atomic mass is 127. The van der Waals surface area contributed by atoms with E-state index in [4.69, 9.17) is 16.0 Å². The third-order valence-electron chi connectivity index (χ3n) is 3.50. The number of guanidine groups is 1. The van der Waals surface area contributed by atoms with Crippen molar-refractivity contribution >= 4 is 41.5 Å². The molecule has 3 rings (SSSR count). The summed E-state index contributed by atoms with van der Waals surface area (Å²) in [4.78, 5) is 4.58. The van der Waals surface area contributed by atoms with Crippen LogP contribution in [0.1, 0.15) is 18.2 Å². The van der Waals surface area contributed by atoms with Crippen LogP contribution in [0.5, 0.6) is 0 Å². The molecule has 2 N–H and O–H groups in total. The summed E-state index contributed by atoms with van der Waals surface area (Å²) in [7, 11) is 0. The number of rotatable bonds is 6. The van der Waals surface area contributed by atoms with Gasteiger partial charge in [-0.2, -0.15) is 5.10 Å². The highest BCUT2D eigenvalue weighted by molar-refractivity contribution is 14.0. The van der Waals surface area contributed by atoms with E-state index in [1.165, 1.54) is 0 Å². The van der Waals surface area contributed by atoms with Crippen LogP contribution >= 0.6 is 35.6 Å². The maximum Gasteiger partial charge on any atom is 0.191 e. The first kappa shape index (κ1) is 20.3. The average molecular weight is 486 g/mol. The Hall–Kier alpha value is -2.00. The van der Waals surface area contributed by atoms with Gasteiger partial charge in [0.25, 0.3) is 0 Å². The number of aromatic nitrogens is 2. The number of nitrogens with zero attached hydrogens (tertiary/aromatic N) is 3. The van der Waals surface area contributed by atoms with Gasteiger partial charge in [-0.15, -0.1) is 24.0 Å². The van der Waals surface area contributed by atoms with E-state index in [2.05, 4.69) is 20.7 Å². The van der Waals surface area contributed by atoms with E-state index in [1.807, 2.05) is 60.4 Å². The maximum absolute atomic E-state index is 5.92. The Bertz CT molecular complexity index is 814. The Morgan fingerprint density at radius 3 is 2.73 bits per heavy atom. The third-order valence-corrected chi connectivity index (χ3v) is 3.75. The minimum atomic E-state index is 0. The van der Waals surface area contributed by atoms with Gasteiger partial charge in [-0.05, 0) is 43.3 Å². The molecule has 0 radical (unpaired) electrons. The highest BCUT2D eigenvalue weighted by Crippen LogP contribution is 2.13. The lowest BCUT2D eigenvalue weighted by Gasteiger charge is -2.09. The molecule has 1 aromatic carbocycles. The number of aliphatic imine (C=N–C) groups is 1. The number of hydrogen-bond acceptors (Lipinski definition) is 3. The second-order valence-electron chi connectivity index (χ2n) is 5.40. The van der Waals surface area contributed by atoms with Crippen LogP contribution in [-0.4, -0.2) is 22.3 Å². The van der Waals surface area contributed by atoms with Gasteiger partial charge in [-0.3, -0.25) is 0 Å². The number of benzene rings is 1. The molecule has 0 unspecified atom stereocenters. The molecule has 0 aliphatic rings. The lowest BCUT2D eigenvalue weighted by molar-refractivity contribution is 0.501.